The van der Waals surface area contributed by atoms with Crippen LogP contribution in [0.5, 0.6) is 0 Å². The van der Waals surface area contributed by atoms with Crippen molar-refractivity contribution < 1.29 is 9.53 Å². The Hall–Kier alpha value is -1.57. The Morgan fingerprint density at radius 2 is 1.85 bits per heavy atom. The van der Waals surface area contributed by atoms with Crippen molar-refractivity contribution in [3.05, 3.63) is 47.5 Å². The monoisotopic (exact) mass is 274 g/mol. The fourth-order valence-corrected chi connectivity index (χ4v) is 1.94. The average molecular weight is 274 g/mol. The van der Waals surface area contributed by atoms with Gasteiger partial charge in [0.05, 0.1) is 5.92 Å². The minimum atomic E-state index is -0.129. The van der Waals surface area contributed by atoms with Crippen molar-refractivity contribution in [2.45, 2.75) is 46.5 Å². The maximum absolute atomic E-state index is 11.4. The first-order valence-corrected chi connectivity index (χ1v) is 7.38. The van der Waals surface area contributed by atoms with E-state index in [2.05, 4.69) is 37.3 Å². The molecular formula is C18H26O2. The molecule has 0 radical (unpaired) electrons. The average Bonchev–Trinajstić information content (AvgIpc) is 2.45. The third-order valence-corrected chi connectivity index (χ3v) is 3.37. The Morgan fingerprint density at radius 1 is 1.20 bits per heavy atom. The summed E-state index contributed by atoms with van der Waals surface area (Å²) in [7, 11) is 0. The van der Waals surface area contributed by atoms with Gasteiger partial charge >= 0.3 is 5.97 Å². The van der Waals surface area contributed by atoms with E-state index >= 15 is 0 Å². The molecule has 2 heteroatoms. The summed E-state index contributed by atoms with van der Waals surface area (Å²) in [6, 6.07) is 10.6. The standard InChI is InChI=1S/C18H26O2/c1-14(2)18(19)20-13-15(3)9-8-10-16(4)17-11-6-5-7-12-17/h5-7,9,11-12,14,16H,8,10,13H2,1-4H3/b15-9+. The zero-order chi connectivity index (χ0) is 15.0. The highest BCUT2D eigenvalue weighted by molar-refractivity contribution is 5.71. The minimum absolute atomic E-state index is 0.0547. The van der Waals surface area contributed by atoms with E-state index in [1.165, 1.54) is 5.56 Å². The van der Waals surface area contributed by atoms with Crippen molar-refractivity contribution in [1.82, 2.24) is 0 Å². The first-order valence-electron chi connectivity index (χ1n) is 7.38. The lowest BCUT2D eigenvalue weighted by Crippen LogP contribution is -2.12. The molecule has 0 aliphatic heterocycles. The predicted octanol–water partition coefficient (Wildman–Crippen LogP) is 4.72. The Morgan fingerprint density at radius 3 is 2.45 bits per heavy atom. The molecule has 1 unspecified atom stereocenters. The van der Waals surface area contributed by atoms with Gasteiger partial charge in [0, 0.05) is 0 Å². The molecule has 20 heavy (non-hydrogen) atoms. The van der Waals surface area contributed by atoms with Crippen molar-refractivity contribution in [3.63, 3.8) is 0 Å². The van der Waals surface area contributed by atoms with Crippen LogP contribution in [0.25, 0.3) is 0 Å². The van der Waals surface area contributed by atoms with E-state index in [0.717, 1.165) is 18.4 Å². The van der Waals surface area contributed by atoms with Gasteiger partial charge in [-0.05, 0) is 36.8 Å². The highest BCUT2D eigenvalue weighted by Gasteiger charge is 2.08. The number of hydrogen-bond acceptors (Lipinski definition) is 2. The van der Waals surface area contributed by atoms with Crippen LogP contribution in [0.1, 0.15) is 52.0 Å². The topological polar surface area (TPSA) is 26.3 Å². The minimum Gasteiger partial charge on any atom is -0.461 e. The summed E-state index contributed by atoms with van der Waals surface area (Å²) in [6.45, 7) is 8.38. The molecule has 0 amide bonds. The van der Waals surface area contributed by atoms with Gasteiger partial charge < -0.3 is 4.74 Å². The van der Waals surface area contributed by atoms with Crippen LogP contribution in [0.4, 0.5) is 0 Å². The second-order valence-corrected chi connectivity index (χ2v) is 5.70. The molecule has 0 aromatic heterocycles. The van der Waals surface area contributed by atoms with Crippen LogP contribution >= 0.6 is 0 Å². The lowest BCUT2D eigenvalue weighted by molar-refractivity contribution is -0.146. The maximum atomic E-state index is 11.4. The van der Waals surface area contributed by atoms with Crippen molar-refractivity contribution in [2.75, 3.05) is 6.61 Å². The van der Waals surface area contributed by atoms with E-state index in [1.807, 2.05) is 26.8 Å². The van der Waals surface area contributed by atoms with Gasteiger partial charge in [0.1, 0.15) is 6.61 Å². The molecule has 0 N–H and O–H groups in total. The normalized spacial score (nSPS) is 13.3. The molecule has 1 atom stereocenters. The predicted molar refractivity (Wildman–Crippen MR) is 83.6 cm³/mol. The number of benzene rings is 1. The summed E-state index contributed by atoms with van der Waals surface area (Å²) in [6.07, 6.45) is 4.30. The van der Waals surface area contributed by atoms with Gasteiger partial charge in [-0.3, -0.25) is 4.79 Å². The van der Waals surface area contributed by atoms with E-state index in [0.29, 0.717) is 12.5 Å². The van der Waals surface area contributed by atoms with Gasteiger partial charge in [-0.15, -0.1) is 0 Å². The molecule has 0 saturated carbocycles. The van der Waals surface area contributed by atoms with Gasteiger partial charge in [0.25, 0.3) is 0 Å². The molecule has 110 valence electrons. The Kier molecular flexibility index (Phi) is 7.06. The lowest BCUT2D eigenvalue weighted by Gasteiger charge is -2.11. The van der Waals surface area contributed by atoms with Crippen molar-refractivity contribution in [1.29, 1.82) is 0 Å². The van der Waals surface area contributed by atoms with Crippen LogP contribution in [0.3, 0.4) is 0 Å². The van der Waals surface area contributed by atoms with Crippen LogP contribution < -0.4 is 0 Å². The third-order valence-electron chi connectivity index (χ3n) is 3.37. The maximum Gasteiger partial charge on any atom is 0.308 e. The van der Waals surface area contributed by atoms with Crippen LogP contribution in [-0.4, -0.2) is 12.6 Å². The van der Waals surface area contributed by atoms with E-state index in [1.54, 1.807) is 0 Å². The van der Waals surface area contributed by atoms with Gasteiger partial charge in [-0.2, -0.15) is 0 Å². The SMILES string of the molecule is C/C(=C\CCC(C)c1ccccc1)COC(=O)C(C)C. The summed E-state index contributed by atoms with van der Waals surface area (Å²) in [5, 5.41) is 0. The smallest absolute Gasteiger partial charge is 0.308 e. The summed E-state index contributed by atoms with van der Waals surface area (Å²) in [5.74, 6) is 0.370. The Balaban J connectivity index is 2.31. The largest absolute Gasteiger partial charge is 0.461 e. The number of esters is 1. The fourth-order valence-electron chi connectivity index (χ4n) is 1.94. The van der Waals surface area contributed by atoms with Crippen molar-refractivity contribution >= 4 is 5.97 Å². The molecule has 0 fully saturated rings. The highest BCUT2D eigenvalue weighted by atomic mass is 16.5. The Labute approximate surface area is 122 Å². The molecule has 0 aliphatic carbocycles. The molecule has 0 spiro atoms. The molecular weight excluding hydrogens is 248 g/mol. The second kappa shape index (κ2) is 8.57. The highest BCUT2D eigenvalue weighted by Crippen LogP contribution is 2.20. The molecule has 0 aliphatic rings. The molecule has 1 aromatic carbocycles. The van der Waals surface area contributed by atoms with E-state index in [-0.39, 0.29) is 11.9 Å². The summed E-state index contributed by atoms with van der Waals surface area (Å²) in [5.41, 5.74) is 2.50. The molecule has 0 heterocycles. The number of carbonyl (C=O) groups is 1. The van der Waals surface area contributed by atoms with Gasteiger partial charge in [0.15, 0.2) is 0 Å². The number of hydrogen-bond donors (Lipinski definition) is 0. The van der Waals surface area contributed by atoms with Crippen LogP contribution in [0.15, 0.2) is 42.0 Å². The number of carbonyl (C=O) groups excluding carboxylic acids is 1. The molecule has 1 aromatic rings. The first kappa shape index (κ1) is 16.5. The third kappa shape index (κ3) is 6.05. The number of ether oxygens (including phenoxy) is 1. The fraction of sp³-hybridized carbons (Fsp3) is 0.500. The number of allylic oxidation sites excluding steroid dienone is 1. The van der Waals surface area contributed by atoms with Gasteiger partial charge in [-0.1, -0.05) is 57.2 Å². The zero-order valence-corrected chi connectivity index (χ0v) is 13.1. The van der Waals surface area contributed by atoms with Crippen LogP contribution in [-0.2, 0) is 9.53 Å². The van der Waals surface area contributed by atoms with Crippen LogP contribution in [0, 0.1) is 5.92 Å². The van der Waals surface area contributed by atoms with Crippen LogP contribution in [0.2, 0.25) is 0 Å². The first-order chi connectivity index (χ1) is 9.50. The van der Waals surface area contributed by atoms with E-state index in [9.17, 15) is 4.79 Å². The molecule has 2 nitrogen and oxygen atoms in total. The summed E-state index contributed by atoms with van der Waals surface area (Å²) >= 11 is 0. The van der Waals surface area contributed by atoms with Crippen molar-refractivity contribution in [2.24, 2.45) is 5.92 Å². The molecule has 0 saturated heterocycles. The van der Waals surface area contributed by atoms with E-state index in [4.69, 9.17) is 4.74 Å². The summed E-state index contributed by atoms with van der Waals surface area (Å²) in [4.78, 5) is 11.4. The Bertz CT molecular complexity index is 432. The van der Waals surface area contributed by atoms with E-state index < -0.39 is 0 Å². The molecule has 0 bridgehead atoms. The molecule has 1 rings (SSSR count). The zero-order valence-electron chi connectivity index (χ0n) is 13.1. The van der Waals surface area contributed by atoms with Gasteiger partial charge in [0.2, 0.25) is 0 Å². The van der Waals surface area contributed by atoms with Crippen molar-refractivity contribution in [3.8, 4) is 0 Å². The second-order valence-electron chi connectivity index (χ2n) is 5.70. The summed E-state index contributed by atoms with van der Waals surface area (Å²) < 4.78 is 5.20. The quantitative estimate of drug-likeness (QED) is 0.531. The van der Waals surface area contributed by atoms with Gasteiger partial charge in [-0.25, -0.2) is 0 Å². The lowest BCUT2D eigenvalue weighted by atomic mass is 9.96. The number of rotatable bonds is 7.